The summed E-state index contributed by atoms with van der Waals surface area (Å²) in [6.45, 7) is 5.75. The zero-order valence-corrected chi connectivity index (χ0v) is 13.3. The van der Waals surface area contributed by atoms with Crippen LogP contribution in [0.15, 0.2) is 30.5 Å². The first-order valence-electron chi connectivity index (χ1n) is 6.85. The van der Waals surface area contributed by atoms with E-state index in [-0.39, 0.29) is 5.91 Å². The predicted molar refractivity (Wildman–Crippen MR) is 86.6 cm³/mol. The van der Waals surface area contributed by atoms with Gasteiger partial charge in [0.15, 0.2) is 5.65 Å². The van der Waals surface area contributed by atoms with Crippen molar-refractivity contribution in [3.8, 4) is 0 Å². The van der Waals surface area contributed by atoms with Crippen LogP contribution in [0.4, 0.5) is 5.69 Å². The van der Waals surface area contributed by atoms with E-state index in [1.807, 2.05) is 32.9 Å². The zero-order valence-electron chi connectivity index (χ0n) is 12.5. The van der Waals surface area contributed by atoms with E-state index in [0.29, 0.717) is 22.1 Å². The Labute approximate surface area is 132 Å². The fourth-order valence-corrected chi connectivity index (χ4v) is 2.80. The number of nitrogens with one attached hydrogen (secondary N) is 1. The number of aromatic nitrogens is 3. The van der Waals surface area contributed by atoms with E-state index < -0.39 is 0 Å². The largest absolute Gasteiger partial charge is 0.319 e. The van der Waals surface area contributed by atoms with Gasteiger partial charge in [-0.05, 0) is 44.0 Å². The maximum Gasteiger partial charge on any atom is 0.274 e. The molecule has 112 valence electrons. The molecule has 5 nitrogen and oxygen atoms in total. The van der Waals surface area contributed by atoms with Crippen molar-refractivity contribution < 1.29 is 4.79 Å². The van der Waals surface area contributed by atoms with Gasteiger partial charge in [-0.3, -0.25) is 4.79 Å². The van der Waals surface area contributed by atoms with Crippen LogP contribution in [0.1, 0.15) is 27.3 Å². The van der Waals surface area contributed by atoms with Crippen molar-refractivity contribution in [2.75, 3.05) is 5.32 Å². The molecular weight excluding hydrogens is 300 g/mol. The molecule has 0 saturated carbocycles. The first-order chi connectivity index (χ1) is 10.5. The quantitative estimate of drug-likeness (QED) is 0.786. The molecule has 1 amide bonds. The van der Waals surface area contributed by atoms with Crippen molar-refractivity contribution in [1.29, 1.82) is 0 Å². The molecule has 0 spiro atoms. The summed E-state index contributed by atoms with van der Waals surface area (Å²) in [5.74, 6) is -0.291. The van der Waals surface area contributed by atoms with Gasteiger partial charge in [0.05, 0.1) is 16.9 Å². The molecule has 1 N–H and O–H groups in total. The van der Waals surface area contributed by atoms with E-state index in [2.05, 4.69) is 15.4 Å². The summed E-state index contributed by atoms with van der Waals surface area (Å²) in [6, 6.07) is 7.25. The molecule has 2 heterocycles. The fraction of sp³-hybridized carbons (Fsp3) is 0.188. The zero-order chi connectivity index (χ0) is 15.9. The highest BCUT2D eigenvalue weighted by atomic mass is 35.5. The number of halogens is 1. The lowest BCUT2D eigenvalue weighted by Crippen LogP contribution is -2.16. The highest BCUT2D eigenvalue weighted by Crippen LogP contribution is 2.27. The van der Waals surface area contributed by atoms with Gasteiger partial charge in [-0.15, -0.1) is 0 Å². The number of rotatable bonds is 2. The molecule has 0 atom stereocenters. The average Bonchev–Trinajstić information content (AvgIpc) is 2.91. The number of aryl methyl sites for hydroxylation is 3. The Hall–Kier alpha value is -2.40. The Kier molecular flexibility index (Phi) is 3.58. The van der Waals surface area contributed by atoms with E-state index in [9.17, 15) is 4.79 Å². The number of carbonyl (C=O) groups is 1. The van der Waals surface area contributed by atoms with E-state index >= 15 is 0 Å². The van der Waals surface area contributed by atoms with Gasteiger partial charge in [0.25, 0.3) is 5.91 Å². The van der Waals surface area contributed by atoms with Gasteiger partial charge in [-0.1, -0.05) is 17.7 Å². The third-order valence-corrected chi connectivity index (χ3v) is 3.74. The molecule has 3 rings (SSSR count). The summed E-state index contributed by atoms with van der Waals surface area (Å²) in [6.07, 6.45) is 1.65. The molecule has 22 heavy (non-hydrogen) atoms. The number of benzene rings is 1. The minimum Gasteiger partial charge on any atom is -0.319 e. The smallest absolute Gasteiger partial charge is 0.274 e. The van der Waals surface area contributed by atoms with Gasteiger partial charge in [0.1, 0.15) is 5.69 Å². The number of nitrogens with zero attached hydrogens (tertiary/aromatic N) is 3. The molecule has 0 fully saturated rings. The lowest BCUT2D eigenvalue weighted by Gasteiger charge is -2.11. The first-order valence-corrected chi connectivity index (χ1v) is 7.23. The molecule has 2 aromatic heterocycles. The molecule has 0 saturated heterocycles. The Morgan fingerprint density at radius 3 is 2.73 bits per heavy atom. The summed E-state index contributed by atoms with van der Waals surface area (Å²) < 4.78 is 1.68. The van der Waals surface area contributed by atoms with Crippen molar-refractivity contribution in [1.82, 2.24) is 14.6 Å². The Bertz CT molecular complexity index is 862. The van der Waals surface area contributed by atoms with E-state index in [0.717, 1.165) is 16.8 Å². The number of carbonyl (C=O) groups excluding carboxylic acids is 1. The average molecular weight is 315 g/mol. The summed E-state index contributed by atoms with van der Waals surface area (Å²) in [5, 5.41) is 7.51. The maximum absolute atomic E-state index is 12.5. The highest BCUT2D eigenvalue weighted by molar-refractivity contribution is 6.34. The van der Waals surface area contributed by atoms with E-state index in [1.54, 1.807) is 22.8 Å². The maximum atomic E-state index is 12.5. The standard InChI is InChI=1S/C16H15ClN4O/c1-9-6-10(2)15(12(17)7-9)20-16(22)13-8-11(3)21-14(19-13)4-5-18-21/h4-8H,1-3H3,(H,20,22). The Morgan fingerprint density at radius 2 is 2.00 bits per heavy atom. The van der Waals surface area contributed by atoms with Crippen LogP contribution in [0.25, 0.3) is 5.65 Å². The SMILES string of the molecule is Cc1cc(C)c(NC(=O)c2cc(C)n3nccc3n2)c(Cl)c1. The molecule has 0 radical (unpaired) electrons. The normalized spacial score (nSPS) is 10.9. The number of anilines is 1. The van der Waals surface area contributed by atoms with Crippen molar-refractivity contribution in [2.24, 2.45) is 0 Å². The van der Waals surface area contributed by atoms with Crippen molar-refractivity contribution in [3.63, 3.8) is 0 Å². The van der Waals surface area contributed by atoms with Gasteiger partial charge in [-0.2, -0.15) is 5.10 Å². The van der Waals surface area contributed by atoms with Crippen LogP contribution >= 0.6 is 11.6 Å². The third-order valence-electron chi connectivity index (χ3n) is 3.44. The number of amides is 1. The summed E-state index contributed by atoms with van der Waals surface area (Å²) in [4.78, 5) is 16.8. The fourth-order valence-electron chi connectivity index (χ4n) is 2.44. The second-order valence-corrected chi connectivity index (χ2v) is 5.68. The molecule has 0 bridgehead atoms. The predicted octanol–water partition coefficient (Wildman–Crippen LogP) is 3.56. The van der Waals surface area contributed by atoms with Crippen LogP contribution in [-0.2, 0) is 0 Å². The second kappa shape index (κ2) is 5.42. The van der Waals surface area contributed by atoms with Crippen LogP contribution < -0.4 is 5.32 Å². The van der Waals surface area contributed by atoms with Gasteiger partial charge >= 0.3 is 0 Å². The molecule has 0 unspecified atom stereocenters. The molecular formula is C16H15ClN4O. The van der Waals surface area contributed by atoms with E-state index in [4.69, 9.17) is 11.6 Å². The summed E-state index contributed by atoms with van der Waals surface area (Å²) >= 11 is 6.23. The van der Waals surface area contributed by atoms with Crippen LogP contribution in [0.5, 0.6) is 0 Å². The number of fused-ring (bicyclic) bond motifs is 1. The second-order valence-electron chi connectivity index (χ2n) is 5.28. The van der Waals surface area contributed by atoms with Crippen molar-refractivity contribution in [2.45, 2.75) is 20.8 Å². The van der Waals surface area contributed by atoms with Crippen LogP contribution in [0.3, 0.4) is 0 Å². The Balaban J connectivity index is 1.97. The van der Waals surface area contributed by atoms with Crippen molar-refractivity contribution >= 4 is 28.8 Å². The summed E-state index contributed by atoms with van der Waals surface area (Å²) in [7, 11) is 0. The molecule has 3 aromatic rings. The van der Waals surface area contributed by atoms with Crippen LogP contribution in [0, 0.1) is 20.8 Å². The monoisotopic (exact) mass is 314 g/mol. The lowest BCUT2D eigenvalue weighted by molar-refractivity contribution is 0.102. The first kappa shape index (κ1) is 14.5. The van der Waals surface area contributed by atoms with Gasteiger partial charge in [-0.25, -0.2) is 9.50 Å². The molecule has 6 heteroatoms. The van der Waals surface area contributed by atoms with Crippen molar-refractivity contribution in [3.05, 3.63) is 58.0 Å². The van der Waals surface area contributed by atoms with Crippen LogP contribution in [0.2, 0.25) is 5.02 Å². The summed E-state index contributed by atoms with van der Waals surface area (Å²) in [5.41, 5.74) is 4.39. The Morgan fingerprint density at radius 1 is 1.23 bits per heavy atom. The number of hydrogen-bond acceptors (Lipinski definition) is 3. The third kappa shape index (κ3) is 2.55. The van der Waals surface area contributed by atoms with Gasteiger partial charge in [0, 0.05) is 11.8 Å². The van der Waals surface area contributed by atoms with Gasteiger partial charge < -0.3 is 5.32 Å². The molecule has 0 aliphatic carbocycles. The topological polar surface area (TPSA) is 59.3 Å². The molecule has 0 aliphatic rings. The number of hydrogen-bond donors (Lipinski definition) is 1. The van der Waals surface area contributed by atoms with E-state index in [1.165, 1.54) is 0 Å². The highest BCUT2D eigenvalue weighted by Gasteiger charge is 2.14. The van der Waals surface area contributed by atoms with Crippen LogP contribution in [-0.4, -0.2) is 20.5 Å². The molecule has 0 aliphatic heterocycles. The van der Waals surface area contributed by atoms with Gasteiger partial charge in [0.2, 0.25) is 0 Å². The minimum atomic E-state index is -0.291. The minimum absolute atomic E-state index is 0.291. The molecule has 1 aromatic carbocycles. The lowest BCUT2D eigenvalue weighted by atomic mass is 10.1.